The Bertz CT molecular complexity index is 1190. The summed E-state index contributed by atoms with van der Waals surface area (Å²) >= 11 is 0. The van der Waals surface area contributed by atoms with E-state index in [1.54, 1.807) is 36.8 Å². The maximum absolute atomic E-state index is 12.3. The summed E-state index contributed by atoms with van der Waals surface area (Å²) in [7, 11) is 0. The number of amides is 1. The number of fused-ring (bicyclic) bond motifs is 1. The Morgan fingerprint density at radius 1 is 1.03 bits per heavy atom. The monoisotopic (exact) mass is 479 g/mol. The van der Waals surface area contributed by atoms with Gasteiger partial charge >= 0.3 is 11.9 Å². The smallest absolute Gasteiger partial charge is 0.325 e. The molecular weight excluding hydrogens is 450 g/mol. The van der Waals surface area contributed by atoms with E-state index in [1.165, 1.54) is 5.56 Å². The third-order valence-electron chi connectivity index (χ3n) is 6.33. The molecule has 0 aliphatic carbocycles. The molecule has 1 fully saturated rings. The van der Waals surface area contributed by atoms with Gasteiger partial charge in [0.1, 0.15) is 6.04 Å². The van der Waals surface area contributed by atoms with Crippen molar-refractivity contribution in [2.75, 3.05) is 38.0 Å². The van der Waals surface area contributed by atoms with Gasteiger partial charge < -0.3 is 25.4 Å². The van der Waals surface area contributed by atoms with Gasteiger partial charge in [-0.05, 0) is 36.2 Å². The van der Waals surface area contributed by atoms with Gasteiger partial charge in [0.05, 0.1) is 6.42 Å². The number of pyridine rings is 1. The van der Waals surface area contributed by atoms with E-state index in [0.717, 1.165) is 31.4 Å². The lowest BCUT2D eigenvalue weighted by Gasteiger charge is -2.37. The van der Waals surface area contributed by atoms with Crippen LogP contribution in [0.15, 0.2) is 48.9 Å². The Morgan fingerprint density at radius 3 is 2.46 bits per heavy atom. The Labute approximate surface area is 202 Å². The average molecular weight is 480 g/mol. The molecule has 1 saturated heterocycles. The Kier molecular flexibility index (Phi) is 7.74. The number of aliphatic carboxylic acids is 2. The van der Waals surface area contributed by atoms with Crippen LogP contribution in [-0.2, 0) is 20.8 Å². The Morgan fingerprint density at radius 2 is 1.77 bits per heavy atom. The number of hydrogen-bond donors (Lipinski definition) is 4. The second kappa shape index (κ2) is 11.1. The van der Waals surface area contributed by atoms with Gasteiger partial charge in [-0.3, -0.25) is 24.3 Å². The standard InChI is InChI=1S/C25H29N5O5/c31-22(3-4-23(32)33)28-18-1-2-19-20(16-27-21(19)15-18)24(25(34)35)30-13-11-29(12-14-30)10-7-17-5-8-26-9-6-17/h1-2,5-6,8-9,15-16,24,27H,3-4,7,10-14H2,(H,28,31)(H,32,33)(H,34,35)/t24-/m0/s1. The first-order valence-corrected chi connectivity index (χ1v) is 11.6. The molecular formula is C25H29N5O5. The van der Waals surface area contributed by atoms with Gasteiger partial charge in [0.2, 0.25) is 5.91 Å². The molecule has 0 bridgehead atoms. The normalized spacial score (nSPS) is 15.7. The van der Waals surface area contributed by atoms with Crippen molar-refractivity contribution >= 4 is 34.4 Å². The lowest BCUT2D eigenvalue weighted by atomic mass is 10.0. The lowest BCUT2D eigenvalue weighted by molar-refractivity contribution is -0.144. The molecule has 2 aromatic heterocycles. The zero-order valence-corrected chi connectivity index (χ0v) is 19.3. The first-order chi connectivity index (χ1) is 16.9. The summed E-state index contributed by atoms with van der Waals surface area (Å²) in [5.74, 6) is -2.31. The van der Waals surface area contributed by atoms with Crippen molar-refractivity contribution in [3.8, 4) is 0 Å². The molecule has 1 atom stereocenters. The highest BCUT2D eigenvalue weighted by atomic mass is 16.4. The van der Waals surface area contributed by atoms with Crippen molar-refractivity contribution in [1.29, 1.82) is 0 Å². The van der Waals surface area contributed by atoms with Crippen molar-refractivity contribution < 1.29 is 24.6 Å². The second-order valence-electron chi connectivity index (χ2n) is 8.67. The minimum absolute atomic E-state index is 0.112. The zero-order chi connectivity index (χ0) is 24.8. The van der Waals surface area contributed by atoms with Gasteiger partial charge in [-0.15, -0.1) is 0 Å². The number of aromatic amines is 1. The number of nitrogens with zero attached hydrogens (tertiary/aromatic N) is 3. The molecule has 1 aliphatic rings. The van der Waals surface area contributed by atoms with E-state index in [9.17, 15) is 19.5 Å². The minimum atomic E-state index is -1.03. The van der Waals surface area contributed by atoms with E-state index in [2.05, 4.69) is 20.2 Å². The number of rotatable bonds is 10. The van der Waals surface area contributed by atoms with Crippen molar-refractivity contribution in [3.05, 3.63) is 60.0 Å². The van der Waals surface area contributed by atoms with Gasteiger partial charge in [0.15, 0.2) is 0 Å². The van der Waals surface area contributed by atoms with Gasteiger partial charge in [-0.2, -0.15) is 0 Å². The molecule has 184 valence electrons. The summed E-state index contributed by atoms with van der Waals surface area (Å²) in [5.41, 5.74) is 3.15. The maximum atomic E-state index is 12.3. The Hall–Kier alpha value is -3.76. The molecule has 0 spiro atoms. The lowest BCUT2D eigenvalue weighted by Crippen LogP contribution is -2.49. The number of nitrogens with one attached hydrogen (secondary N) is 2. The van der Waals surface area contributed by atoms with Crippen molar-refractivity contribution in [2.24, 2.45) is 0 Å². The SMILES string of the molecule is O=C(O)CCC(=O)Nc1ccc2c([C@@H](C(=O)O)N3CCN(CCc4ccncc4)CC3)c[nH]c2c1. The van der Waals surface area contributed by atoms with E-state index in [0.29, 0.717) is 29.9 Å². The van der Waals surface area contributed by atoms with Gasteiger partial charge in [-0.1, -0.05) is 6.07 Å². The number of carboxylic acids is 2. The predicted octanol–water partition coefficient (Wildman–Crippen LogP) is 2.35. The number of carbonyl (C=O) groups is 3. The zero-order valence-electron chi connectivity index (χ0n) is 19.3. The van der Waals surface area contributed by atoms with E-state index in [-0.39, 0.29) is 18.7 Å². The van der Waals surface area contributed by atoms with Crippen LogP contribution in [0.3, 0.4) is 0 Å². The number of piperazine rings is 1. The highest BCUT2D eigenvalue weighted by molar-refractivity contribution is 5.96. The molecule has 10 nitrogen and oxygen atoms in total. The fourth-order valence-electron chi connectivity index (χ4n) is 4.46. The van der Waals surface area contributed by atoms with Gasteiger partial charge in [-0.25, -0.2) is 0 Å². The summed E-state index contributed by atoms with van der Waals surface area (Å²) in [6, 6.07) is 8.47. The van der Waals surface area contributed by atoms with Crippen LogP contribution in [0.25, 0.3) is 10.9 Å². The van der Waals surface area contributed by atoms with E-state index < -0.39 is 18.0 Å². The fraction of sp³-hybridized carbons (Fsp3) is 0.360. The summed E-state index contributed by atoms with van der Waals surface area (Å²) in [4.78, 5) is 46.4. The van der Waals surface area contributed by atoms with Crippen molar-refractivity contribution in [3.63, 3.8) is 0 Å². The number of anilines is 1. The predicted molar refractivity (Wildman–Crippen MR) is 130 cm³/mol. The fourth-order valence-corrected chi connectivity index (χ4v) is 4.46. The summed E-state index contributed by atoms with van der Waals surface area (Å²) in [6.45, 7) is 3.81. The van der Waals surface area contributed by atoms with E-state index >= 15 is 0 Å². The van der Waals surface area contributed by atoms with Crippen LogP contribution in [0.1, 0.15) is 30.0 Å². The van der Waals surface area contributed by atoms with Crippen molar-refractivity contribution in [1.82, 2.24) is 19.8 Å². The quantitative estimate of drug-likeness (QED) is 0.348. The number of aromatic nitrogens is 2. The van der Waals surface area contributed by atoms with Crippen LogP contribution in [0.4, 0.5) is 5.69 Å². The van der Waals surface area contributed by atoms with Crippen molar-refractivity contribution in [2.45, 2.75) is 25.3 Å². The first kappa shape index (κ1) is 24.4. The third-order valence-corrected chi connectivity index (χ3v) is 6.33. The van der Waals surface area contributed by atoms with Crippen LogP contribution in [-0.4, -0.2) is 80.6 Å². The van der Waals surface area contributed by atoms with Crippen LogP contribution < -0.4 is 5.32 Å². The summed E-state index contributed by atoms with van der Waals surface area (Å²) in [6.07, 6.45) is 5.89. The average Bonchev–Trinajstić information content (AvgIpc) is 3.25. The number of carbonyl (C=O) groups excluding carboxylic acids is 1. The second-order valence-corrected chi connectivity index (χ2v) is 8.67. The Balaban J connectivity index is 1.40. The number of hydrogen-bond acceptors (Lipinski definition) is 6. The highest BCUT2D eigenvalue weighted by Crippen LogP contribution is 2.31. The molecule has 0 unspecified atom stereocenters. The molecule has 4 rings (SSSR count). The molecule has 4 N–H and O–H groups in total. The number of carboxylic acid groups (broad SMARTS) is 2. The molecule has 3 heterocycles. The van der Waals surface area contributed by atoms with Gasteiger partial charge in [0.25, 0.3) is 0 Å². The van der Waals surface area contributed by atoms with Crippen LogP contribution >= 0.6 is 0 Å². The topological polar surface area (TPSA) is 139 Å². The molecule has 1 aliphatic heterocycles. The summed E-state index contributed by atoms with van der Waals surface area (Å²) in [5, 5.41) is 22.3. The van der Waals surface area contributed by atoms with E-state index in [4.69, 9.17) is 5.11 Å². The van der Waals surface area contributed by atoms with Crippen LogP contribution in [0.5, 0.6) is 0 Å². The third kappa shape index (κ3) is 6.23. The van der Waals surface area contributed by atoms with E-state index in [1.807, 2.05) is 17.0 Å². The largest absolute Gasteiger partial charge is 0.481 e. The van der Waals surface area contributed by atoms with Crippen LogP contribution in [0.2, 0.25) is 0 Å². The highest BCUT2D eigenvalue weighted by Gasteiger charge is 2.32. The minimum Gasteiger partial charge on any atom is -0.481 e. The number of H-pyrrole nitrogens is 1. The molecule has 10 heteroatoms. The molecule has 0 radical (unpaired) electrons. The maximum Gasteiger partial charge on any atom is 0.325 e. The molecule has 0 saturated carbocycles. The number of benzene rings is 1. The molecule has 1 aromatic carbocycles. The first-order valence-electron chi connectivity index (χ1n) is 11.6. The summed E-state index contributed by atoms with van der Waals surface area (Å²) < 4.78 is 0. The molecule has 1 amide bonds. The molecule has 3 aromatic rings. The molecule has 35 heavy (non-hydrogen) atoms. The van der Waals surface area contributed by atoms with Gasteiger partial charge in [0, 0.05) is 79.9 Å². The van der Waals surface area contributed by atoms with Crippen LogP contribution in [0, 0.1) is 0 Å².